The first-order chi connectivity index (χ1) is 36.8. The van der Waals surface area contributed by atoms with Crippen molar-refractivity contribution in [2.45, 2.75) is 200 Å². The van der Waals surface area contributed by atoms with Gasteiger partial charge in [0.25, 0.3) is 0 Å². The van der Waals surface area contributed by atoms with Crippen molar-refractivity contribution in [3.8, 4) is 0 Å². The third-order valence-electron chi connectivity index (χ3n) is 11.1. The van der Waals surface area contributed by atoms with Crippen LogP contribution in [0.5, 0.6) is 0 Å². The predicted molar refractivity (Wildman–Crippen MR) is 320 cm³/mol. The van der Waals surface area contributed by atoms with E-state index < -0.39 is 32.5 Å². The van der Waals surface area contributed by atoms with Crippen LogP contribution in [0, 0.1) is 0 Å². The number of hydrogen-bond acceptors (Lipinski definition) is 8. The highest BCUT2D eigenvalue weighted by Gasteiger charge is 2.26. The minimum atomic E-state index is -4.42. The molecule has 0 saturated carbocycles. The van der Waals surface area contributed by atoms with Gasteiger partial charge in [-0.05, 0) is 109 Å². The topological polar surface area (TPSA) is 134 Å². The molecular formula is C65H102NO8P. The number of carbonyl (C=O) groups is 2. The maximum Gasteiger partial charge on any atom is 0.472 e. The van der Waals surface area contributed by atoms with E-state index in [2.05, 4.69) is 166 Å². The third kappa shape index (κ3) is 58.5. The summed E-state index contributed by atoms with van der Waals surface area (Å²) >= 11 is 0. The highest BCUT2D eigenvalue weighted by molar-refractivity contribution is 7.47. The lowest BCUT2D eigenvalue weighted by Crippen LogP contribution is -2.29. The van der Waals surface area contributed by atoms with Gasteiger partial charge in [-0.1, -0.05) is 242 Å². The van der Waals surface area contributed by atoms with E-state index in [4.69, 9.17) is 24.3 Å². The van der Waals surface area contributed by atoms with E-state index in [0.29, 0.717) is 12.8 Å². The van der Waals surface area contributed by atoms with Crippen molar-refractivity contribution in [2.75, 3.05) is 26.4 Å². The lowest BCUT2D eigenvalue weighted by Gasteiger charge is -2.19. The monoisotopic (exact) mass is 1060 g/mol. The van der Waals surface area contributed by atoms with Crippen LogP contribution in [0.25, 0.3) is 0 Å². The van der Waals surface area contributed by atoms with Gasteiger partial charge in [0, 0.05) is 13.0 Å². The van der Waals surface area contributed by atoms with E-state index in [1.807, 2.05) is 12.2 Å². The number of rotatable bonds is 51. The van der Waals surface area contributed by atoms with Gasteiger partial charge in [0.1, 0.15) is 6.61 Å². The van der Waals surface area contributed by atoms with Crippen LogP contribution in [0.1, 0.15) is 194 Å². The molecule has 0 fully saturated rings. The van der Waals surface area contributed by atoms with Gasteiger partial charge in [-0.25, -0.2) is 4.57 Å². The number of allylic oxidation sites excluding steroid dienone is 27. The Labute approximate surface area is 457 Å². The second-order valence-electron chi connectivity index (χ2n) is 18.1. The summed E-state index contributed by atoms with van der Waals surface area (Å²) in [5, 5.41) is 0. The zero-order chi connectivity index (χ0) is 54.5. The number of carbonyl (C=O) groups excluding carboxylic acids is 2. The van der Waals surface area contributed by atoms with E-state index in [1.54, 1.807) is 6.08 Å². The highest BCUT2D eigenvalue weighted by Crippen LogP contribution is 2.43. The number of hydrogen-bond donors (Lipinski definition) is 2. The Morgan fingerprint density at radius 2 is 0.733 bits per heavy atom. The Hall–Kier alpha value is -4.63. The van der Waals surface area contributed by atoms with Gasteiger partial charge in [0.15, 0.2) is 6.10 Å². The second kappa shape index (κ2) is 58.6. The zero-order valence-electron chi connectivity index (χ0n) is 46.7. The minimum Gasteiger partial charge on any atom is -0.461 e. The van der Waals surface area contributed by atoms with Crippen LogP contribution in [0.2, 0.25) is 0 Å². The van der Waals surface area contributed by atoms with Crippen molar-refractivity contribution in [2.24, 2.45) is 5.73 Å². The van der Waals surface area contributed by atoms with Crippen LogP contribution < -0.4 is 5.73 Å². The molecule has 0 spiro atoms. The van der Waals surface area contributed by atoms with E-state index in [1.165, 1.54) is 44.9 Å². The summed E-state index contributed by atoms with van der Waals surface area (Å²) in [6.45, 7) is 3.36. The van der Waals surface area contributed by atoms with Crippen LogP contribution >= 0.6 is 7.82 Å². The predicted octanol–water partition coefficient (Wildman–Crippen LogP) is 18.3. The van der Waals surface area contributed by atoms with Gasteiger partial charge in [0.2, 0.25) is 0 Å². The third-order valence-corrected chi connectivity index (χ3v) is 12.1. The number of ether oxygens (including phenoxy) is 2. The molecule has 0 aliphatic rings. The van der Waals surface area contributed by atoms with E-state index >= 15 is 0 Å². The number of nitrogens with two attached hydrogens (primary N) is 1. The smallest absolute Gasteiger partial charge is 0.461 e. The fourth-order valence-electron chi connectivity index (χ4n) is 6.99. The molecule has 0 rings (SSSR count). The van der Waals surface area contributed by atoms with Gasteiger partial charge in [-0.15, -0.1) is 0 Å². The van der Waals surface area contributed by atoms with Gasteiger partial charge < -0.3 is 20.1 Å². The molecule has 0 bridgehead atoms. The van der Waals surface area contributed by atoms with Crippen molar-refractivity contribution in [3.63, 3.8) is 0 Å². The summed E-state index contributed by atoms with van der Waals surface area (Å²) in [5.74, 6) is -0.993. The molecule has 0 aliphatic heterocycles. The van der Waals surface area contributed by atoms with Crippen molar-refractivity contribution in [3.05, 3.63) is 170 Å². The molecule has 0 aromatic heterocycles. The van der Waals surface area contributed by atoms with Crippen LogP contribution in [-0.4, -0.2) is 49.3 Å². The Balaban J connectivity index is 4.02. The standard InChI is InChI=1S/C65H102NO8P/c1-3-5-7-9-11-13-15-17-19-20-21-22-23-24-25-26-27-28-29-30-31-32-33-34-35-36-37-38-39-40-41-42-44-46-48-50-52-54-56-58-65(68)74-63(62-73-75(69,70)72-60-59-66)61-71-64(67)57-55-53-51-49-47-45-43-18-16-14-12-10-8-6-4-2/h5-8,11-14,17-19,21-22,24-25,27-28,30-31,33-34,36-37,43,47,49,53,55,63H,3-4,9-10,15-16,20,23,26,29,32,35,38-42,44-46,48,50-52,54,56-62,66H2,1-2H3,(H,69,70)/b7-5-,8-6-,13-11-,14-12-,19-17-,22-21-,25-24-,28-27-,31-30-,34-33-,37-36-,43-18-,49-47-,55-53-. The maximum absolute atomic E-state index is 12.7. The molecule has 0 aromatic rings. The molecule has 0 heterocycles. The quantitative estimate of drug-likeness (QED) is 0.0264. The highest BCUT2D eigenvalue weighted by atomic mass is 31.2. The summed E-state index contributed by atoms with van der Waals surface area (Å²) in [4.78, 5) is 35.0. The van der Waals surface area contributed by atoms with Gasteiger partial charge in [-0.2, -0.15) is 0 Å². The van der Waals surface area contributed by atoms with Crippen LogP contribution in [0.15, 0.2) is 170 Å². The molecule has 9 nitrogen and oxygen atoms in total. The molecule has 2 unspecified atom stereocenters. The van der Waals surface area contributed by atoms with E-state index in [0.717, 1.165) is 109 Å². The average Bonchev–Trinajstić information content (AvgIpc) is 3.40. The summed E-state index contributed by atoms with van der Waals surface area (Å²) in [6.07, 6.45) is 87.3. The first kappa shape index (κ1) is 70.4. The molecule has 10 heteroatoms. The van der Waals surface area contributed by atoms with Gasteiger partial charge >= 0.3 is 19.8 Å². The Morgan fingerprint density at radius 3 is 1.09 bits per heavy atom. The van der Waals surface area contributed by atoms with Crippen molar-refractivity contribution in [1.29, 1.82) is 0 Å². The average molecular weight is 1060 g/mol. The van der Waals surface area contributed by atoms with Crippen LogP contribution in [0.3, 0.4) is 0 Å². The normalized spacial score (nSPS) is 14.3. The van der Waals surface area contributed by atoms with Crippen molar-refractivity contribution >= 4 is 19.8 Å². The Bertz CT molecular complexity index is 1820. The Kier molecular flexibility index (Phi) is 55.0. The fraction of sp³-hybridized carbons (Fsp3) is 0.538. The van der Waals surface area contributed by atoms with E-state index in [9.17, 15) is 19.0 Å². The number of phosphoric acid groups is 1. The maximum atomic E-state index is 12.7. The zero-order valence-corrected chi connectivity index (χ0v) is 47.6. The summed E-state index contributed by atoms with van der Waals surface area (Å²) in [7, 11) is -4.42. The lowest BCUT2D eigenvalue weighted by molar-refractivity contribution is -0.160. The van der Waals surface area contributed by atoms with Gasteiger partial charge in [0.05, 0.1) is 19.6 Å². The molecule has 75 heavy (non-hydrogen) atoms. The Morgan fingerprint density at radius 1 is 0.413 bits per heavy atom. The minimum absolute atomic E-state index is 0.0329. The first-order valence-corrected chi connectivity index (χ1v) is 30.1. The molecule has 0 amide bonds. The molecule has 2 atom stereocenters. The summed E-state index contributed by atoms with van der Waals surface area (Å²) < 4.78 is 32.8. The van der Waals surface area contributed by atoms with Gasteiger partial charge in [-0.3, -0.25) is 18.6 Å². The largest absolute Gasteiger partial charge is 0.472 e. The second-order valence-corrected chi connectivity index (χ2v) is 19.5. The molecule has 0 aromatic carbocycles. The fourth-order valence-corrected chi connectivity index (χ4v) is 7.76. The van der Waals surface area contributed by atoms with Crippen molar-refractivity contribution in [1.82, 2.24) is 0 Å². The van der Waals surface area contributed by atoms with E-state index in [-0.39, 0.29) is 32.6 Å². The van der Waals surface area contributed by atoms with Crippen LogP contribution in [0.4, 0.5) is 0 Å². The number of esters is 2. The number of phosphoric ester groups is 1. The molecule has 420 valence electrons. The summed E-state index contributed by atoms with van der Waals surface area (Å²) in [5.41, 5.74) is 5.36. The molecule has 0 aliphatic carbocycles. The SMILES string of the molecule is CC/C=C\C/C=C\C/C=C\C/C=C\C/C=C\C/C=C\C/C=C\C/C=C\C/C=C\CCCCCCCCCCCCCC(=O)OC(COC(=O)C/C=C\C/C=C\C/C=C\C/C=C\C/C=C\CC)COP(=O)(O)OCCN. The lowest BCUT2D eigenvalue weighted by atomic mass is 10.0. The van der Waals surface area contributed by atoms with Crippen molar-refractivity contribution < 1.29 is 37.6 Å². The molecule has 0 saturated heterocycles. The molecule has 0 radical (unpaired) electrons. The number of unbranched alkanes of at least 4 members (excludes halogenated alkanes) is 11. The summed E-state index contributed by atoms with van der Waals surface area (Å²) in [6, 6.07) is 0. The molecule has 3 N–H and O–H groups in total. The molecular weight excluding hydrogens is 954 g/mol. The first-order valence-electron chi connectivity index (χ1n) is 28.6. The van der Waals surface area contributed by atoms with Crippen LogP contribution in [-0.2, 0) is 32.7 Å².